The Morgan fingerprint density at radius 1 is 1.14 bits per heavy atom. The Hall–Kier alpha value is -4.38. The van der Waals surface area contributed by atoms with E-state index in [1.54, 1.807) is 24.3 Å². The van der Waals surface area contributed by atoms with Crippen LogP contribution in [-0.2, 0) is 30.5 Å². The zero-order valence-electron chi connectivity index (χ0n) is 22.8. The van der Waals surface area contributed by atoms with E-state index >= 15 is 0 Å². The van der Waals surface area contributed by atoms with E-state index in [1.807, 2.05) is 0 Å². The van der Waals surface area contributed by atoms with Crippen molar-refractivity contribution in [1.82, 2.24) is 30.8 Å². The molecule has 1 aromatic carbocycles. The van der Waals surface area contributed by atoms with Crippen LogP contribution in [0, 0.1) is 0 Å². The van der Waals surface area contributed by atoms with E-state index in [0.717, 1.165) is 40.9 Å². The lowest BCUT2D eigenvalue weighted by Crippen LogP contribution is -2.36. The Morgan fingerprint density at radius 3 is 2.63 bits per heavy atom. The molecule has 3 rings (SSSR count). The molecule has 0 aliphatic heterocycles. The van der Waals surface area contributed by atoms with Gasteiger partial charge in [0.1, 0.15) is 22.6 Å². The van der Waals surface area contributed by atoms with E-state index in [9.17, 15) is 31.5 Å². The number of carbonyl (C=O) groups is 2. The summed E-state index contributed by atoms with van der Waals surface area (Å²) in [5.41, 5.74) is 5.01. The van der Waals surface area contributed by atoms with Gasteiger partial charge >= 0.3 is 6.18 Å². The van der Waals surface area contributed by atoms with E-state index in [4.69, 9.17) is 16.3 Å². The van der Waals surface area contributed by atoms with Gasteiger partial charge in [-0.05, 0) is 36.2 Å². The largest absolute Gasteiger partial charge is 0.461 e. The third-order valence-corrected chi connectivity index (χ3v) is 6.51. The van der Waals surface area contributed by atoms with Crippen molar-refractivity contribution in [3.05, 3.63) is 81.3 Å². The highest BCUT2D eigenvalue weighted by Crippen LogP contribution is 2.29. The van der Waals surface area contributed by atoms with Crippen LogP contribution >= 0.6 is 11.3 Å². The molecule has 0 spiro atoms. The lowest BCUT2D eigenvalue weighted by molar-refractivity contribution is -0.137. The van der Waals surface area contributed by atoms with E-state index in [0.29, 0.717) is 16.3 Å². The number of nitrogens with two attached hydrogens (primary N) is 2. The summed E-state index contributed by atoms with van der Waals surface area (Å²) in [7, 11) is 0. The number of nitrogens with zero attached hydrogens (tertiary/aromatic N) is 4. The molecule has 0 aliphatic rings. The van der Waals surface area contributed by atoms with Crippen molar-refractivity contribution in [2.24, 2.45) is 11.6 Å². The summed E-state index contributed by atoms with van der Waals surface area (Å²) < 4.78 is 71.0. The van der Waals surface area contributed by atoms with Gasteiger partial charge in [0.25, 0.3) is 11.8 Å². The van der Waals surface area contributed by atoms with Crippen molar-refractivity contribution in [2.75, 3.05) is 6.54 Å². The van der Waals surface area contributed by atoms with Gasteiger partial charge < -0.3 is 26.1 Å². The van der Waals surface area contributed by atoms with Crippen LogP contribution in [0.4, 0.5) is 22.0 Å². The number of hydrazine groups is 1. The first-order valence-corrected chi connectivity index (χ1v) is 13.5. The normalized spacial score (nSPS) is 13.2. The maximum atomic E-state index is 14.5. The summed E-state index contributed by atoms with van der Waals surface area (Å²) in [6.07, 6.45) is -5.40. The Kier molecular flexibility index (Phi) is 11.7. The second kappa shape index (κ2) is 15.2. The number of carbonyl (C=O) groups excluding carboxylic acids is 2. The molecule has 232 valence electrons. The van der Waals surface area contributed by atoms with Crippen LogP contribution in [0.2, 0.25) is 0 Å². The summed E-state index contributed by atoms with van der Waals surface area (Å²) in [4.78, 5) is 28.4. The minimum absolute atomic E-state index is 0.0229. The van der Waals surface area contributed by atoms with E-state index in [2.05, 4.69) is 25.8 Å². The number of benzene rings is 1. The molecule has 2 atom stereocenters. The quantitative estimate of drug-likeness (QED) is 0.0910. The molecule has 0 aliphatic carbocycles. The van der Waals surface area contributed by atoms with Crippen LogP contribution in [0.1, 0.15) is 45.0 Å². The van der Waals surface area contributed by atoms with Gasteiger partial charge in [-0.1, -0.05) is 23.5 Å². The van der Waals surface area contributed by atoms with E-state index in [-0.39, 0.29) is 43.2 Å². The van der Waals surface area contributed by atoms with Crippen LogP contribution in [0.5, 0.6) is 5.75 Å². The number of rotatable bonds is 14. The molecule has 0 fully saturated rings. The number of nitrogens with one attached hydrogen (secondary N) is 2. The number of pyridine rings is 1. The highest BCUT2D eigenvalue weighted by molar-refractivity contribution is 7.13. The molecular weight excluding hydrogens is 599 g/mol. The molecule has 2 heterocycles. The van der Waals surface area contributed by atoms with Crippen LogP contribution in [0.15, 0.2) is 54.5 Å². The van der Waals surface area contributed by atoms with E-state index in [1.165, 1.54) is 6.92 Å². The maximum absolute atomic E-state index is 14.5. The third kappa shape index (κ3) is 11.1. The molecule has 0 radical (unpaired) electrons. The van der Waals surface area contributed by atoms with Gasteiger partial charge in [0.2, 0.25) is 11.4 Å². The minimum atomic E-state index is -4.56. The molecule has 6 N–H and O–H groups in total. The second-order valence-corrected chi connectivity index (χ2v) is 10.2. The molecule has 2 aromatic heterocycles. The Morgan fingerprint density at radius 2 is 1.91 bits per heavy atom. The van der Waals surface area contributed by atoms with Crippen LogP contribution in [-0.4, -0.2) is 51.1 Å². The van der Waals surface area contributed by atoms with Crippen molar-refractivity contribution < 1.29 is 36.3 Å². The van der Waals surface area contributed by atoms with Gasteiger partial charge in [-0.15, -0.1) is 10.2 Å². The second-order valence-electron chi connectivity index (χ2n) is 9.13. The third-order valence-electron chi connectivity index (χ3n) is 5.53. The van der Waals surface area contributed by atoms with Gasteiger partial charge in [0.05, 0.1) is 24.3 Å². The highest BCUT2D eigenvalue weighted by Gasteiger charge is 2.30. The van der Waals surface area contributed by atoms with Crippen molar-refractivity contribution in [2.45, 2.75) is 51.6 Å². The molecule has 2 amide bonds. The Labute approximate surface area is 247 Å². The first kappa shape index (κ1) is 33.1. The number of aromatic nitrogens is 3. The number of alkyl halides is 5. The zero-order valence-corrected chi connectivity index (χ0v) is 23.6. The summed E-state index contributed by atoms with van der Waals surface area (Å²) in [5, 5.41) is 14.1. The topological polar surface area (TPSA) is 161 Å². The summed E-state index contributed by atoms with van der Waals surface area (Å²) in [6, 6.07) is 8.18. The molecule has 2 unspecified atom stereocenters. The number of hydrogen-bond acceptors (Lipinski definition) is 10. The fourth-order valence-electron chi connectivity index (χ4n) is 3.53. The SMILES string of the molecule is CC(F)Oc1cccc(CNC(=O)c2nnc(CCC(F)CN(N)/C=C(\N)C(=O)NCc3cc(C(F)(F)F)ccn3)s2)c1. The lowest BCUT2D eigenvalue weighted by atomic mass is 10.2. The predicted octanol–water partition coefficient (Wildman–Crippen LogP) is 3.14. The summed E-state index contributed by atoms with van der Waals surface area (Å²) >= 11 is 0.996. The van der Waals surface area contributed by atoms with Crippen molar-refractivity contribution in [1.29, 1.82) is 0 Å². The van der Waals surface area contributed by atoms with Crippen molar-refractivity contribution >= 4 is 23.2 Å². The average Bonchev–Trinajstić information content (AvgIpc) is 3.42. The van der Waals surface area contributed by atoms with Crippen LogP contribution in [0.25, 0.3) is 0 Å². The van der Waals surface area contributed by atoms with Crippen LogP contribution < -0.4 is 26.9 Å². The number of amides is 2. The smallest absolute Gasteiger partial charge is 0.416 e. The van der Waals surface area contributed by atoms with Crippen molar-refractivity contribution in [3.63, 3.8) is 0 Å². The number of hydrogen-bond donors (Lipinski definition) is 4. The van der Waals surface area contributed by atoms with Gasteiger partial charge in [-0.25, -0.2) is 14.6 Å². The molecule has 0 saturated heterocycles. The molecule has 0 bridgehead atoms. The molecule has 0 saturated carbocycles. The summed E-state index contributed by atoms with van der Waals surface area (Å²) in [5.74, 6) is 4.74. The van der Waals surface area contributed by atoms with Gasteiger partial charge in [-0.3, -0.25) is 14.6 Å². The fraction of sp³-hybridized carbons (Fsp3) is 0.346. The monoisotopic (exact) mass is 628 g/mol. The molecule has 43 heavy (non-hydrogen) atoms. The number of halogens is 5. The van der Waals surface area contributed by atoms with Gasteiger partial charge in [0, 0.05) is 32.3 Å². The Balaban J connectivity index is 1.41. The highest BCUT2D eigenvalue weighted by atomic mass is 32.1. The molecule has 17 heteroatoms. The maximum Gasteiger partial charge on any atom is 0.416 e. The molecule has 3 aromatic rings. The first-order chi connectivity index (χ1) is 20.3. The first-order valence-electron chi connectivity index (χ1n) is 12.7. The Bertz CT molecular complexity index is 1420. The zero-order chi connectivity index (χ0) is 31.6. The predicted molar refractivity (Wildman–Crippen MR) is 146 cm³/mol. The molecule has 11 nitrogen and oxygen atoms in total. The number of aryl methyl sites for hydroxylation is 1. The van der Waals surface area contributed by atoms with Crippen molar-refractivity contribution in [3.8, 4) is 5.75 Å². The standard InChI is InChI=1S/C26H29F5N8O3S/c1-15(27)42-20-4-2-3-16(9-20)11-35-24(41)25-38-37-22(43-25)6-5-18(28)13-39(33)14-21(32)23(40)36-12-19-10-17(7-8-34-19)26(29,30)31/h2-4,7-10,14-15,18H,5-6,11-13,32-33H2,1H3,(H,35,41)(H,36,40)/b21-14-. The summed E-state index contributed by atoms with van der Waals surface area (Å²) in [6.45, 7) is 0.738. The van der Waals surface area contributed by atoms with E-state index < -0.39 is 41.8 Å². The number of ether oxygens (including phenoxy) is 1. The van der Waals surface area contributed by atoms with Gasteiger partial charge in [0.15, 0.2) is 0 Å². The lowest BCUT2D eigenvalue weighted by Gasteiger charge is -2.17. The van der Waals surface area contributed by atoms with Gasteiger partial charge in [-0.2, -0.15) is 13.2 Å². The van der Waals surface area contributed by atoms with Crippen LogP contribution in [0.3, 0.4) is 0 Å². The minimum Gasteiger partial charge on any atom is -0.461 e. The molecular formula is C26H29F5N8O3S. The fourth-order valence-corrected chi connectivity index (χ4v) is 4.31. The average molecular weight is 629 g/mol.